The lowest BCUT2D eigenvalue weighted by Gasteiger charge is -2.33. The van der Waals surface area contributed by atoms with Gasteiger partial charge < -0.3 is 9.64 Å². The van der Waals surface area contributed by atoms with Crippen molar-refractivity contribution in [2.75, 3.05) is 19.7 Å². The number of morpholine rings is 1. The Kier molecular flexibility index (Phi) is 4.85. The third-order valence-electron chi connectivity index (χ3n) is 5.17. The molecule has 27 heavy (non-hydrogen) atoms. The van der Waals surface area contributed by atoms with Crippen LogP contribution < -0.4 is 0 Å². The monoisotopic (exact) mass is 365 g/mol. The van der Waals surface area contributed by atoms with E-state index in [1.807, 2.05) is 49.1 Å². The molecule has 4 rings (SSSR count). The first kappa shape index (κ1) is 17.6. The quantitative estimate of drug-likeness (QED) is 0.709. The molecule has 0 aliphatic carbocycles. The summed E-state index contributed by atoms with van der Waals surface area (Å²) in [6.07, 6.45) is 2.54. The number of aromatic nitrogens is 4. The average Bonchev–Trinajstić information content (AvgIpc) is 3.17. The Hall–Kier alpha value is -2.80. The molecule has 1 aliphatic heterocycles. The van der Waals surface area contributed by atoms with Crippen LogP contribution >= 0.6 is 0 Å². The van der Waals surface area contributed by atoms with Gasteiger partial charge in [0.2, 0.25) is 5.91 Å². The molecule has 140 valence electrons. The van der Waals surface area contributed by atoms with E-state index in [0.717, 1.165) is 22.5 Å². The molecule has 3 heterocycles. The standard InChI is InChI=1S/C20H23N5O2/c1-14-17(15(2)25-20(23-14)21-13-22-25)8-9-19(26)24-10-11-27-18(12-24)16-6-4-3-5-7-16/h3-7,13,18H,8-12H2,1-2H3/t18-/m0/s1. The molecular formula is C20H23N5O2. The number of amides is 1. The molecule has 2 aromatic heterocycles. The second-order valence-electron chi connectivity index (χ2n) is 6.84. The van der Waals surface area contributed by atoms with Gasteiger partial charge in [0.05, 0.1) is 13.2 Å². The fraction of sp³-hybridized carbons (Fsp3) is 0.400. The largest absolute Gasteiger partial charge is 0.370 e. The summed E-state index contributed by atoms with van der Waals surface area (Å²) in [6.45, 7) is 5.76. The van der Waals surface area contributed by atoms with Crippen LogP contribution in [0.2, 0.25) is 0 Å². The smallest absolute Gasteiger partial charge is 0.252 e. The van der Waals surface area contributed by atoms with Gasteiger partial charge in [0.15, 0.2) is 0 Å². The molecular weight excluding hydrogens is 342 g/mol. The van der Waals surface area contributed by atoms with Gasteiger partial charge in [-0.05, 0) is 31.4 Å². The van der Waals surface area contributed by atoms with Crippen LogP contribution in [-0.2, 0) is 16.0 Å². The van der Waals surface area contributed by atoms with Gasteiger partial charge in [0, 0.05) is 24.4 Å². The Morgan fingerprint density at radius 3 is 2.89 bits per heavy atom. The Labute approximate surface area is 158 Å². The lowest BCUT2D eigenvalue weighted by Crippen LogP contribution is -2.42. The van der Waals surface area contributed by atoms with E-state index in [-0.39, 0.29) is 12.0 Å². The van der Waals surface area contributed by atoms with Crippen molar-refractivity contribution < 1.29 is 9.53 Å². The van der Waals surface area contributed by atoms with Gasteiger partial charge in [-0.2, -0.15) is 10.1 Å². The molecule has 1 amide bonds. The number of carbonyl (C=O) groups excluding carboxylic acids is 1. The van der Waals surface area contributed by atoms with Crippen LogP contribution in [0.25, 0.3) is 5.78 Å². The van der Waals surface area contributed by atoms with Crippen molar-refractivity contribution >= 4 is 11.7 Å². The lowest BCUT2D eigenvalue weighted by molar-refractivity contribution is -0.139. The summed E-state index contributed by atoms with van der Waals surface area (Å²) >= 11 is 0. The van der Waals surface area contributed by atoms with E-state index < -0.39 is 0 Å². The van der Waals surface area contributed by atoms with Crippen molar-refractivity contribution in [3.05, 3.63) is 59.2 Å². The van der Waals surface area contributed by atoms with Crippen LogP contribution in [0, 0.1) is 13.8 Å². The van der Waals surface area contributed by atoms with Crippen molar-refractivity contribution in [2.45, 2.75) is 32.8 Å². The SMILES string of the molecule is Cc1nc2ncnn2c(C)c1CCC(=O)N1CCO[C@H](c2ccccc2)C1. The molecule has 1 fully saturated rings. The maximum atomic E-state index is 12.8. The molecule has 1 aliphatic rings. The number of hydrogen-bond donors (Lipinski definition) is 0. The highest BCUT2D eigenvalue weighted by molar-refractivity contribution is 5.76. The number of ether oxygens (including phenoxy) is 1. The van der Waals surface area contributed by atoms with E-state index in [2.05, 4.69) is 15.1 Å². The Morgan fingerprint density at radius 1 is 1.26 bits per heavy atom. The van der Waals surface area contributed by atoms with Gasteiger partial charge in [-0.1, -0.05) is 30.3 Å². The predicted octanol–water partition coefficient (Wildman–Crippen LogP) is 2.27. The predicted molar refractivity (Wildman–Crippen MR) is 100 cm³/mol. The van der Waals surface area contributed by atoms with Crippen LogP contribution in [0.3, 0.4) is 0 Å². The van der Waals surface area contributed by atoms with Gasteiger partial charge in [-0.3, -0.25) is 4.79 Å². The van der Waals surface area contributed by atoms with Crippen LogP contribution in [0.5, 0.6) is 0 Å². The Bertz CT molecular complexity index is 954. The van der Waals surface area contributed by atoms with Crippen LogP contribution in [0.4, 0.5) is 0 Å². The summed E-state index contributed by atoms with van der Waals surface area (Å²) in [4.78, 5) is 23.3. The first-order valence-electron chi connectivity index (χ1n) is 9.23. The van der Waals surface area contributed by atoms with E-state index >= 15 is 0 Å². The number of hydrogen-bond acceptors (Lipinski definition) is 5. The van der Waals surface area contributed by atoms with Crippen LogP contribution in [-0.4, -0.2) is 50.1 Å². The maximum absolute atomic E-state index is 12.8. The number of nitrogens with zero attached hydrogens (tertiary/aromatic N) is 5. The summed E-state index contributed by atoms with van der Waals surface area (Å²) in [5.41, 5.74) is 4.08. The number of aryl methyl sites for hydroxylation is 2. The molecule has 0 saturated carbocycles. The number of carbonyl (C=O) groups is 1. The summed E-state index contributed by atoms with van der Waals surface area (Å²) in [7, 11) is 0. The van der Waals surface area contributed by atoms with Gasteiger partial charge in [-0.15, -0.1) is 0 Å². The number of rotatable bonds is 4. The highest BCUT2D eigenvalue weighted by Crippen LogP contribution is 2.23. The van der Waals surface area contributed by atoms with Crippen molar-refractivity contribution in [1.82, 2.24) is 24.5 Å². The van der Waals surface area contributed by atoms with Gasteiger partial charge in [-0.25, -0.2) is 9.50 Å². The zero-order valence-corrected chi connectivity index (χ0v) is 15.6. The van der Waals surface area contributed by atoms with E-state index in [9.17, 15) is 4.79 Å². The summed E-state index contributed by atoms with van der Waals surface area (Å²) < 4.78 is 7.59. The van der Waals surface area contributed by atoms with E-state index in [1.165, 1.54) is 6.33 Å². The van der Waals surface area contributed by atoms with E-state index in [0.29, 0.717) is 38.3 Å². The minimum atomic E-state index is -0.0551. The zero-order valence-electron chi connectivity index (χ0n) is 15.6. The minimum absolute atomic E-state index is 0.0551. The normalized spacial score (nSPS) is 17.4. The first-order chi connectivity index (χ1) is 13.1. The Balaban J connectivity index is 1.44. The highest BCUT2D eigenvalue weighted by atomic mass is 16.5. The minimum Gasteiger partial charge on any atom is -0.370 e. The average molecular weight is 365 g/mol. The van der Waals surface area contributed by atoms with Gasteiger partial charge in [0.25, 0.3) is 5.78 Å². The van der Waals surface area contributed by atoms with E-state index in [4.69, 9.17) is 4.74 Å². The molecule has 0 unspecified atom stereocenters. The molecule has 0 radical (unpaired) electrons. The van der Waals surface area contributed by atoms with E-state index in [1.54, 1.807) is 4.52 Å². The fourth-order valence-electron chi connectivity index (χ4n) is 3.65. The summed E-state index contributed by atoms with van der Waals surface area (Å²) in [5, 5.41) is 4.21. The summed E-state index contributed by atoms with van der Waals surface area (Å²) in [5.74, 6) is 0.746. The second-order valence-corrected chi connectivity index (χ2v) is 6.84. The molecule has 7 heteroatoms. The number of benzene rings is 1. The second kappa shape index (κ2) is 7.44. The lowest BCUT2D eigenvalue weighted by atomic mass is 10.0. The molecule has 1 aromatic carbocycles. The molecule has 3 aromatic rings. The van der Waals surface area contributed by atoms with Crippen LogP contribution in [0.15, 0.2) is 36.7 Å². The maximum Gasteiger partial charge on any atom is 0.252 e. The number of fused-ring (bicyclic) bond motifs is 1. The van der Waals surface area contributed by atoms with Gasteiger partial charge >= 0.3 is 0 Å². The van der Waals surface area contributed by atoms with Crippen molar-refractivity contribution in [2.24, 2.45) is 0 Å². The highest BCUT2D eigenvalue weighted by Gasteiger charge is 2.25. The summed E-state index contributed by atoms with van der Waals surface area (Å²) in [6, 6.07) is 10.1. The molecule has 7 nitrogen and oxygen atoms in total. The molecule has 0 spiro atoms. The molecule has 1 saturated heterocycles. The van der Waals surface area contributed by atoms with Crippen molar-refractivity contribution in [3.63, 3.8) is 0 Å². The molecule has 0 N–H and O–H groups in total. The Morgan fingerprint density at radius 2 is 2.07 bits per heavy atom. The van der Waals surface area contributed by atoms with Gasteiger partial charge in [0.1, 0.15) is 12.4 Å². The topological polar surface area (TPSA) is 72.6 Å². The fourth-order valence-corrected chi connectivity index (χ4v) is 3.65. The molecule has 1 atom stereocenters. The van der Waals surface area contributed by atoms with Crippen molar-refractivity contribution in [1.29, 1.82) is 0 Å². The van der Waals surface area contributed by atoms with Crippen LogP contribution in [0.1, 0.15) is 35.0 Å². The first-order valence-corrected chi connectivity index (χ1v) is 9.23. The van der Waals surface area contributed by atoms with Crippen molar-refractivity contribution in [3.8, 4) is 0 Å². The third-order valence-corrected chi connectivity index (χ3v) is 5.17. The zero-order chi connectivity index (χ0) is 18.8. The molecule has 0 bridgehead atoms. The third kappa shape index (κ3) is 3.55.